The Morgan fingerprint density at radius 1 is 0.255 bits per heavy atom. The molecule has 0 aliphatic carbocycles. The molecule has 0 fully saturated rings. The van der Waals surface area contributed by atoms with Crippen molar-refractivity contribution in [1.82, 2.24) is 24.9 Å². The second kappa shape index (κ2) is 14.0. The lowest BCUT2D eigenvalue weighted by Gasteiger charge is -2.12. The number of hydrogen-bond acceptors (Lipinski definition) is 6. The summed E-state index contributed by atoms with van der Waals surface area (Å²) in [4.78, 5) is 25.5. The second-order valence-corrected chi connectivity index (χ2v) is 14.4. The van der Waals surface area contributed by atoms with Gasteiger partial charge in [0.25, 0.3) is 0 Å². The zero-order valence-corrected chi connectivity index (χ0v) is 30.4. The molecule has 0 bridgehead atoms. The van der Waals surface area contributed by atoms with Gasteiger partial charge in [-0.05, 0) is 41.5 Å². The highest BCUT2D eigenvalue weighted by Crippen LogP contribution is 2.37. The molecule has 6 heteroatoms. The van der Waals surface area contributed by atoms with Gasteiger partial charge in [0.15, 0.2) is 23.3 Å². The highest BCUT2D eigenvalue weighted by atomic mass is 32.1. The highest BCUT2D eigenvalue weighted by molar-refractivity contribution is 7.25. The summed E-state index contributed by atoms with van der Waals surface area (Å²) in [5, 5.41) is 2.54. The Balaban J connectivity index is 1.10. The van der Waals surface area contributed by atoms with Gasteiger partial charge < -0.3 is 0 Å². The fourth-order valence-corrected chi connectivity index (χ4v) is 8.13. The largest absolute Gasteiger partial charge is 0.228 e. The Morgan fingerprint density at radius 2 is 0.709 bits per heavy atom. The topological polar surface area (TPSA) is 64.5 Å². The van der Waals surface area contributed by atoms with E-state index >= 15 is 0 Å². The van der Waals surface area contributed by atoms with Crippen LogP contribution >= 0.6 is 11.3 Å². The number of benzene rings is 7. The first kappa shape index (κ1) is 32.5. The van der Waals surface area contributed by atoms with Crippen LogP contribution in [0.3, 0.4) is 0 Å². The van der Waals surface area contributed by atoms with Crippen LogP contribution in [0.25, 0.3) is 99.4 Å². The minimum Gasteiger partial charge on any atom is -0.228 e. The normalized spacial score (nSPS) is 11.3. The van der Waals surface area contributed by atoms with Crippen LogP contribution < -0.4 is 0 Å². The van der Waals surface area contributed by atoms with E-state index in [0.29, 0.717) is 23.3 Å². The van der Waals surface area contributed by atoms with Gasteiger partial charge in [0.2, 0.25) is 0 Å². The van der Waals surface area contributed by atoms with Gasteiger partial charge in [0.1, 0.15) is 0 Å². The maximum atomic E-state index is 5.20. The fourth-order valence-electron chi connectivity index (χ4n) is 6.98. The number of hydrogen-bond donors (Lipinski definition) is 0. The van der Waals surface area contributed by atoms with Crippen LogP contribution in [0.5, 0.6) is 0 Å². The smallest absolute Gasteiger partial charge is 0.164 e. The molecular formula is C49H31N5S. The molecule has 0 radical (unpaired) electrons. The van der Waals surface area contributed by atoms with Crippen LogP contribution in [0.1, 0.15) is 0 Å². The first-order chi connectivity index (χ1) is 27.2. The standard InChI is InChI=1S/C49H31N5S/c1-4-14-32(15-5-1)35-20-12-21-37(28-35)48-52-46(34-18-8-3-9-19-34)53-49(54-48)39-23-13-22-38(29-39)47-50-42(33-16-6-2-7-17-33)31-43(51-47)36-26-27-41-40-24-10-11-25-44(40)55-45(41)30-36/h1-31H. The Morgan fingerprint density at radius 3 is 1.36 bits per heavy atom. The average Bonchev–Trinajstić information content (AvgIpc) is 3.65. The SMILES string of the molecule is c1ccc(-c2cccc(-c3nc(-c4ccccc4)nc(-c4cccc(-c5nc(-c6ccccc6)cc(-c6ccc7c(c6)sc6ccccc67)n5)c4)n3)c2)cc1. The van der Waals surface area contributed by atoms with Crippen LogP contribution in [0.15, 0.2) is 188 Å². The molecule has 0 aliphatic heterocycles. The molecule has 0 aliphatic rings. The molecule has 55 heavy (non-hydrogen) atoms. The van der Waals surface area contributed by atoms with Crippen molar-refractivity contribution >= 4 is 31.5 Å². The van der Waals surface area contributed by atoms with Crippen molar-refractivity contribution in [3.63, 3.8) is 0 Å². The predicted molar refractivity (Wildman–Crippen MR) is 226 cm³/mol. The van der Waals surface area contributed by atoms with E-state index in [0.717, 1.165) is 55.9 Å². The van der Waals surface area contributed by atoms with Gasteiger partial charge in [-0.2, -0.15) is 0 Å². The van der Waals surface area contributed by atoms with Crippen molar-refractivity contribution < 1.29 is 0 Å². The lowest BCUT2D eigenvalue weighted by Crippen LogP contribution is -2.01. The molecular weight excluding hydrogens is 691 g/mol. The van der Waals surface area contributed by atoms with E-state index in [2.05, 4.69) is 121 Å². The third-order valence-electron chi connectivity index (χ3n) is 9.74. The third kappa shape index (κ3) is 6.45. The van der Waals surface area contributed by atoms with Gasteiger partial charge >= 0.3 is 0 Å². The van der Waals surface area contributed by atoms with Crippen LogP contribution in [0.4, 0.5) is 0 Å². The van der Waals surface area contributed by atoms with E-state index in [1.165, 1.54) is 20.2 Å². The quantitative estimate of drug-likeness (QED) is 0.164. The summed E-state index contributed by atoms with van der Waals surface area (Å²) in [5.41, 5.74) is 9.57. The second-order valence-electron chi connectivity index (χ2n) is 13.3. The first-order valence-corrected chi connectivity index (χ1v) is 19.0. The summed E-state index contributed by atoms with van der Waals surface area (Å²) in [6.45, 7) is 0. The van der Waals surface area contributed by atoms with E-state index in [1.807, 2.05) is 78.1 Å². The molecule has 0 saturated heterocycles. The van der Waals surface area contributed by atoms with E-state index in [4.69, 9.17) is 24.9 Å². The maximum absolute atomic E-state index is 5.20. The molecule has 0 saturated carbocycles. The average molecular weight is 722 g/mol. The van der Waals surface area contributed by atoms with E-state index in [-0.39, 0.29) is 0 Å². The zero-order chi connectivity index (χ0) is 36.6. The molecule has 0 spiro atoms. The van der Waals surface area contributed by atoms with Crippen molar-refractivity contribution in [3.05, 3.63) is 188 Å². The van der Waals surface area contributed by atoms with E-state index < -0.39 is 0 Å². The summed E-state index contributed by atoms with van der Waals surface area (Å²) in [7, 11) is 0. The van der Waals surface area contributed by atoms with Crippen LogP contribution in [0, 0.1) is 0 Å². The summed E-state index contributed by atoms with van der Waals surface area (Å²) in [6, 6.07) is 64.5. The van der Waals surface area contributed by atoms with E-state index in [9.17, 15) is 0 Å². The Bertz CT molecular complexity index is 2980. The molecule has 0 atom stereocenters. The Kier molecular flexibility index (Phi) is 8.28. The monoisotopic (exact) mass is 721 g/mol. The van der Waals surface area contributed by atoms with Gasteiger partial charge in [-0.15, -0.1) is 11.3 Å². The van der Waals surface area contributed by atoms with Gasteiger partial charge in [-0.25, -0.2) is 24.9 Å². The summed E-state index contributed by atoms with van der Waals surface area (Å²) in [5.74, 6) is 2.42. The molecule has 0 unspecified atom stereocenters. The number of thiophene rings is 1. The molecule has 10 aromatic rings. The van der Waals surface area contributed by atoms with Gasteiger partial charge in [0, 0.05) is 53.6 Å². The Hall–Kier alpha value is -7.15. The lowest BCUT2D eigenvalue weighted by molar-refractivity contribution is 1.07. The predicted octanol–water partition coefficient (Wildman–Crippen LogP) is 12.7. The van der Waals surface area contributed by atoms with Gasteiger partial charge in [-0.1, -0.05) is 158 Å². The number of nitrogens with zero attached hydrogens (tertiary/aromatic N) is 5. The molecule has 7 aromatic carbocycles. The van der Waals surface area contributed by atoms with E-state index in [1.54, 1.807) is 0 Å². The molecule has 0 amide bonds. The molecule has 3 heterocycles. The third-order valence-corrected chi connectivity index (χ3v) is 10.9. The van der Waals surface area contributed by atoms with Crippen LogP contribution in [0.2, 0.25) is 0 Å². The maximum Gasteiger partial charge on any atom is 0.164 e. The van der Waals surface area contributed by atoms with Crippen LogP contribution in [-0.4, -0.2) is 24.9 Å². The minimum absolute atomic E-state index is 0.575. The summed E-state index contributed by atoms with van der Waals surface area (Å²) < 4.78 is 2.51. The van der Waals surface area contributed by atoms with Gasteiger partial charge in [-0.3, -0.25) is 0 Å². The molecule has 10 rings (SSSR count). The van der Waals surface area contributed by atoms with Crippen molar-refractivity contribution in [1.29, 1.82) is 0 Å². The summed E-state index contributed by atoms with van der Waals surface area (Å²) in [6.07, 6.45) is 0. The molecule has 258 valence electrons. The Labute approximate surface area is 322 Å². The van der Waals surface area contributed by atoms with Crippen molar-refractivity contribution in [2.45, 2.75) is 0 Å². The highest BCUT2D eigenvalue weighted by Gasteiger charge is 2.16. The van der Waals surface area contributed by atoms with Crippen molar-refractivity contribution in [2.24, 2.45) is 0 Å². The first-order valence-electron chi connectivity index (χ1n) is 18.2. The molecule has 5 nitrogen and oxygen atoms in total. The number of aromatic nitrogens is 5. The zero-order valence-electron chi connectivity index (χ0n) is 29.5. The molecule has 0 N–H and O–H groups in total. The van der Waals surface area contributed by atoms with Gasteiger partial charge in [0.05, 0.1) is 11.4 Å². The van der Waals surface area contributed by atoms with Crippen LogP contribution in [-0.2, 0) is 0 Å². The fraction of sp³-hybridized carbons (Fsp3) is 0. The number of fused-ring (bicyclic) bond motifs is 3. The summed E-state index contributed by atoms with van der Waals surface area (Å²) >= 11 is 1.81. The van der Waals surface area contributed by atoms with Crippen molar-refractivity contribution in [2.75, 3.05) is 0 Å². The minimum atomic E-state index is 0.575. The lowest BCUT2D eigenvalue weighted by atomic mass is 10.0. The molecule has 3 aromatic heterocycles. The van der Waals surface area contributed by atoms with Crippen molar-refractivity contribution in [3.8, 4) is 79.2 Å². The number of rotatable bonds is 7.